The molecule has 2 amide bonds. The summed E-state index contributed by atoms with van der Waals surface area (Å²) >= 11 is 5.96. The molecule has 2 aliphatic heterocycles. The van der Waals surface area contributed by atoms with Crippen molar-refractivity contribution in [2.75, 3.05) is 26.2 Å². The quantitative estimate of drug-likeness (QED) is 0.559. The molecule has 0 bridgehead atoms. The van der Waals surface area contributed by atoms with Crippen LogP contribution in [0.4, 0.5) is 0 Å². The summed E-state index contributed by atoms with van der Waals surface area (Å²) in [6.45, 7) is 9.18. The van der Waals surface area contributed by atoms with Crippen LogP contribution in [0, 0.1) is 12.8 Å². The maximum atomic E-state index is 13.1. The number of fused-ring (bicyclic) bond motifs is 1. The highest BCUT2D eigenvalue weighted by Gasteiger charge is 2.33. The second kappa shape index (κ2) is 11.5. The average Bonchev–Trinajstić information content (AvgIpc) is 3.01. The van der Waals surface area contributed by atoms with Crippen LogP contribution in [-0.2, 0) is 4.74 Å². The van der Waals surface area contributed by atoms with Crippen molar-refractivity contribution in [3.05, 3.63) is 68.5 Å². The summed E-state index contributed by atoms with van der Waals surface area (Å²) in [5.74, 6) is 0.417. The van der Waals surface area contributed by atoms with E-state index in [0.29, 0.717) is 40.8 Å². The van der Waals surface area contributed by atoms with E-state index in [0.717, 1.165) is 49.7 Å². The van der Waals surface area contributed by atoms with Crippen molar-refractivity contribution in [3.8, 4) is 0 Å². The predicted molar refractivity (Wildman–Crippen MR) is 152 cm³/mol. The highest BCUT2D eigenvalue weighted by Crippen LogP contribution is 2.24. The normalized spacial score (nSPS) is 20.3. The molecule has 2 aromatic rings. The topological polar surface area (TPSA) is 61.9 Å². The number of hydrogen-bond acceptors (Lipinski definition) is 4. The smallest absolute Gasteiger partial charge is 0.253 e. The SMILES string of the molecule is Cc1c(C(=O)NCC(C)OC2CCC2)ccc2c1=CN(CC1CN(C(=O)c3ccc(Cl)cc3)C1)C(C)CC=2. The van der Waals surface area contributed by atoms with Crippen LogP contribution in [-0.4, -0.2) is 66.0 Å². The van der Waals surface area contributed by atoms with Crippen LogP contribution in [0.5, 0.6) is 0 Å². The molecule has 0 spiro atoms. The van der Waals surface area contributed by atoms with E-state index in [2.05, 4.69) is 35.5 Å². The number of carbonyl (C=O) groups is 2. The molecule has 5 rings (SSSR count). The van der Waals surface area contributed by atoms with Gasteiger partial charge in [0.2, 0.25) is 0 Å². The third kappa shape index (κ3) is 5.92. The largest absolute Gasteiger partial charge is 0.373 e. The van der Waals surface area contributed by atoms with Crippen molar-refractivity contribution in [2.45, 2.75) is 64.7 Å². The Morgan fingerprint density at radius 2 is 1.87 bits per heavy atom. The molecular weight excluding hydrogens is 498 g/mol. The number of ether oxygens (including phenoxy) is 1. The van der Waals surface area contributed by atoms with Gasteiger partial charge in [-0.2, -0.15) is 0 Å². The van der Waals surface area contributed by atoms with Crippen LogP contribution in [0.15, 0.2) is 36.4 Å². The van der Waals surface area contributed by atoms with Crippen molar-refractivity contribution in [3.63, 3.8) is 0 Å². The van der Waals surface area contributed by atoms with Gasteiger partial charge in [0, 0.05) is 65.7 Å². The van der Waals surface area contributed by atoms with Gasteiger partial charge >= 0.3 is 0 Å². The molecule has 7 heteroatoms. The highest BCUT2D eigenvalue weighted by atomic mass is 35.5. The molecular formula is C31H38ClN3O3. The first kappa shape index (κ1) is 26.8. The van der Waals surface area contributed by atoms with Gasteiger partial charge in [0.1, 0.15) is 0 Å². The maximum Gasteiger partial charge on any atom is 0.253 e. The number of carbonyl (C=O) groups excluding carboxylic acids is 2. The van der Waals surface area contributed by atoms with E-state index < -0.39 is 0 Å². The van der Waals surface area contributed by atoms with Crippen LogP contribution in [0.3, 0.4) is 0 Å². The first-order valence-electron chi connectivity index (χ1n) is 13.8. The van der Waals surface area contributed by atoms with E-state index in [1.807, 2.05) is 24.8 Å². The number of nitrogens with one attached hydrogen (secondary N) is 1. The van der Waals surface area contributed by atoms with Crippen LogP contribution in [0.25, 0.3) is 12.3 Å². The number of nitrogens with zero attached hydrogens (tertiary/aromatic N) is 2. The number of benzene rings is 2. The molecule has 1 aliphatic carbocycles. The summed E-state index contributed by atoms with van der Waals surface area (Å²) in [5.41, 5.74) is 2.38. The van der Waals surface area contributed by atoms with Gasteiger partial charge in [-0.25, -0.2) is 0 Å². The molecule has 3 aliphatic rings. The summed E-state index contributed by atoms with van der Waals surface area (Å²) in [5, 5.41) is 5.98. The van der Waals surface area contributed by atoms with Gasteiger partial charge in [0.05, 0.1) is 12.2 Å². The Morgan fingerprint density at radius 1 is 1.13 bits per heavy atom. The van der Waals surface area contributed by atoms with Gasteiger partial charge < -0.3 is 19.9 Å². The first-order chi connectivity index (χ1) is 18.3. The molecule has 1 N–H and O–H groups in total. The van der Waals surface area contributed by atoms with Crippen molar-refractivity contribution < 1.29 is 14.3 Å². The lowest BCUT2D eigenvalue weighted by Gasteiger charge is -2.42. The van der Waals surface area contributed by atoms with Gasteiger partial charge in [-0.1, -0.05) is 23.7 Å². The van der Waals surface area contributed by atoms with Crippen LogP contribution in [0.1, 0.15) is 65.8 Å². The standard InChI is InChI=1S/C31H38ClN3O3/c1-20-7-8-24-11-14-28(30(36)33-15-21(2)38-27-5-4-6-27)22(3)29(24)19-34(20)16-23-17-35(18-23)31(37)25-9-12-26(32)13-10-25/h8-14,19-21,23,27H,4-7,15-18H2,1-3H3,(H,33,36). The zero-order chi connectivity index (χ0) is 26.8. The molecule has 2 atom stereocenters. The van der Waals surface area contributed by atoms with E-state index in [4.69, 9.17) is 16.3 Å². The molecule has 0 radical (unpaired) electrons. The minimum absolute atomic E-state index is 0.00948. The lowest BCUT2D eigenvalue weighted by atomic mass is 9.96. The van der Waals surface area contributed by atoms with Crippen LogP contribution in [0.2, 0.25) is 5.02 Å². The van der Waals surface area contributed by atoms with Crippen LogP contribution < -0.4 is 15.8 Å². The maximum absolute atomic E-state index is 13.1. The van der Waals surface area contributed by atoms with Gasteiger partial charge in [0.15, 0.2) is 0 Å². The Labute approximate surface area is 230 Å². The third-order valence-electron chi connectivity index (χ3n) is 8.16. The number of halogens is 1. The molecule has 2 heterocycles. The highest BCUT2D eigenvalue weighted by molar-refractivity contribution is 6.30. The number of hydrogen-bond donors (Lipinski definition) is 1. The van der Waals surface area contributed by atoms with Gasteiger partial charge in [-0.15, -0.1) is 0 Å². The molecule has 2 unspecified atom stereocenters. The minimum Gasteiger partial charge on any atom is -0.373 e. The molecule has 2 fully saturated rings. The fourth-order valence-corrected chi connectivity index (χ4v) is 5.57. The summed E-state index contributed by atoms with van der Waals surface area (Å²) in [7, 11) is 0. The predicted octanol–water partition coefficient (Wildman–Crippen LogP) is 3.72. The fourth-order valence-electron chi connectivity index (χ4n) is 5.44. The second-order valence-corrected chi connectivity index (χ2v) is 11.6. The Kier molecular flexibility index (Phi) is 8.10. The van der Waals surface area contributed by atoms with E-state index in [9.17, 15) is 9.59 Å². The lowest BCUT2D eigenvalue weighted by molar-refractivity contribution is -0.0412. The Morgan fingerprint density at radius 3 is 2.55 bits per heavy atom. The lowest BCUT2D eigenvalue weighted by Crippen LogP contribution is -2.54. The van der Waals surface area contributed by atoms with E-state index in [-0.39, 0.29) is 17.9 Å². The first-order valence-corrected chi connectivity index (χ1v) is 14.2. The van der Waals surface area contributed by atoms with Crippen molar-refractivity contribution in [1.29, 1.82) is 0 Å². The molecule has 1 saturated carbocycles. The summed E-state index contributed by atoms with van der Waals surface area (Å²) in [4.78, 5) is 30.2. The summed E-state index contributed by atoms with van der Waals surface area (Å²) in [6, 6.07) is 11.4. The monoisotopic (exact) mass is 535 g/mol. The van der Waals surface area contributed by atoms with Crippen molar-refractivity contribution in [2.24, 2.45) is 5.92 Å². The van der Waals surface area contributed by atoms with Gasteiger partial charge in [0.25, 0.3) is 11.8 Å². The van der Waals surface area contributed by atoms with E-state index in [1.54, 1.807) is 24.3 Å². The number of likely N-dealkylation sites (tertiary alicyclic amines) is 1. The molecule has 202 valence electrons. The summed E-state index contributed by atoms with van der Waals surface area (Å²) < 4.78 is 5.98. The molecule has 0 aromatic heterocycles. The van der Waals surface area contributed by atoms with Gasteiger partial charge in [-0.3, -0.25) is 9.59 Å². The zero-order valence-corrected chi connectivity index (χ0v) is 23.3. The van der Waals surface area contributed by atoms with Gasteiger partial charge in [-0.05, 0) is 87.6 Å². The van der Waals surface area contributed by atoms with E-state index in [1.165, 1.54) is 11.6 Å². The number of amides is 2. The second-order valence-electron chi connectivity index (χ2n) is 11.1. The molecule has 6 nitrogen and oxygen atoms in total. The van der Waals surface area contributed by atoms with E-state index >= 15 is 0 Å². The Balaban J connectivity index is 1.24. The van der Waals surface area contributed by atoms with Crippen molar-refractivity contribution >= 4 is 35.7 Å². The van der Waals surface area contributed by atoms with Crippen LogP contribution >= 0.6 is 11.6 Å². The summed E-state index contributed by atoms with van der Waals surface area (Å²) in [6.07, 6.45) is 9.29. The molecule has 2 aromatic carbocycles. The number of rotatable bonds is 8. The third-order valence-corrected chi connectivity index (χ3v) is 8.42. The minimum atomic E-state index is -0.0537. The fraction of sp³-hybridized carbons (Fsp3) is 0.484. The molecule has 1 saturated heterocycles. The Bertz CT molecular complexity index is 1300. The average molecular weight is 536 g/mol. The van der Waals surface area contributed by atoms with Crippen molar-refractivity contribution in [1.82, 2.24) is 15.1 Å². The Hall–Kier alpha value is -2.83. The molecule has 38 heavy (non-hydrogen) atoms. The zero-order valence-electron chi connectivity index (χ0n) is 22.6.